The van der Waals surface area contributed by atoms with E-state index in [1.807, 2.05) is 0 Å². The Labute approximate surface area is 81.0 Å². The third-order valence-corrected chi connectivity index (χ3v) is 1.90. The number of aliphatic carboxylic acids is 1. The number of aliphatic hydroxyl groups excluding tert-OH is 1. The van der Waals surface area contributed by atoms with Crippen molar-refractivity contribution >= 4 is 11.7 Å². The largest absolute Gasteiger partial charge is 0.480 e. The lowest BCUT2D eigenvalue weighted by atomic mass is 10.0. The summed E-state index contributed by atoms with van der Waals surface area (Å²) < 4.78 is 0. The Hall–Kier alpha value is -1.59. The standard InChI is InChI=1S/C9H12N2O3/c10-6-3-1-5(2-4-6)8(12)7(11)9(13)14/h1-4,7-8,12H,10-11H2,(H,13,14)/t7-,8-/m0/s1. The molecule has 0 amide bonds. The lowest BCUT2D eigenvalue weighted by Crippen LogP contribution is -2.36. The van der Waals surface area contributed by atoms with Gasteiger partial charge in [0.25, 0.3) is 0 Å². The number of benzene rings is 1. The molecule has 0 unspecified atom stereocenters. The molecule has 0 saturated carbocycles. The van der Waals surface area contributed by atoms with E-state index in [0.29, 0.717) is 11.3 Å². The van der Waals surface area contributed by atoms with E-state index in [9.17, 15) is 9.90 Å². The molecule has 0 fully saturated rings. The molecule has 0 saturated heterocycles. The van der Waals surface area contributed by atoms with Crippen LogP contribution < -0.4 is 11.5 Å². The number of rotatable bonds is 3. The van der Waals surface area contributed by atoms with Crippen LogP contribution in [0.1, 0.15) is 11.7 Å². The third-order valence-electron chi connectivity index (χ3n) is 1.90. The van der Waals surface area contributed by atoms with Crippen LogP contribution in [0.5, 0.6) is 0 Å². The zero-order valence-electron chi connectivity index (χ0n) is 7.42. The Balaban J connectivity index is 2.84. The molecule has 0 spiro atoms. The molecule has 76 valence electrons. The van der Waals surface area contributed by atoms with Gasteiger partial charge in [-0.3, -0.25) is 4.79 Å². The van der Waals surface area contributed by atoms with E-state index < -0.39 is 18.1 Å². The van der Waals surface area contributed by atoms with E-state index in [1.165, 1.54) is 0 Å². The van der Waals surface area contributed by atoms with Crippen molar-refractivity contribution in [3.8, 4) is 0 Å². The lowest BCUT2D eigenvalue weighted by molar-refractivity contribution is -0.141. The quantitative estimate of drug-likeness (QED) is 0.497. The molecule has 14 heavy (non-hydrogen) atoms. The molecule has 0 aliphatic heterocycles. The minimum absolute atomic E-state index is 0.439. The number of aliphatic hydroxyl groups is 1. The van der Waals surface area contributed by atoms with Gasteiger partial charge in [-0.25, -0.2) is 0 Å². The van der Waals surface area contributed by atoms with Crippen LogP contribution in [0, 0.1) is 0 Å². The van der Waals surface area contributed by atoms with Gasteiger partial charge in [0.2, 0.25) is 0 Å². The summed E-state index contributed by atoms with van der Waals surface area (Å²) in [5.41, 5.74) is 11.7. The summed E-state index contributed by atoms with van der Waals surface area (Å²) in [6, 6.07) is 4.92. The van der Waals surface area contributed by atoms with Crippen molar-refractivity contribution in [1.29, 1.82) is 0 Å². The van der Waals surface area contributed by atoms with E-state index >= 15 is 0 Å². The van der Waals surface area contributed by atoms with Crippen LogP contribution in [0.15, 0.2) is 24.3 Å². The summed E-state index contributed by atoms with van der Waals surface area (Å²) in [7, 11) is 0. The van der Waals surface area contributed by atoms with Gasteiger partial charge in [0.15, 0.2) is 0 Å². The van der Waals surface area contributed by atoms with Crippen molar-refractivity contribution < 1.29 is 15.0 Å². The molecule has 6 N–H and O–H groups in total. The predicted molar refractivity (Wildman–Crippen MR) is 51.4 cm³/mol. The van der Waals surface area contributed by atoms with Crippen molar-refractivity contribution in [2.45, 2.75) is 12.1 Å². The second-order valence-electron chi connectivity index (χ2n) is 2.98. The van der Waals surface area contributed by atoms with E-state index in [1.54, 1.807) is 24.3 Å². The van der Waals surface area contributed by atoms with Gasteiger partial charge in [-0.15, -0.1) is 0 Å². The Morgan fingerprint density at radius 1 is 1.29 bits per heavy atom. The topological polar surface area (TPSA) is 110 Å². The van der Waals surface area contributed by atoms with Crippen LogP contribution in [0.4, 0.5) is 5.69 Å². The van der Waals surface area contributed by atoms with Crippen molar-refractivity contribution in [3.05, 3.63) is 29.8 Å². The van der Waals surface area contributed by atoms with Gasteiger partial charge in [0, 0.05) is 5.69 Å². The van der Waals surface area contributed by atoms with Crippen molar-refractivity contribution in [1.82, 2.24) is 0 Å². The van der Waals surface area contributed by atoms with Gasteiger partial charge in [-0.2, -0.15) is 0 Å². The van der Waals surface area contributed by atoms with E-state index in [0.717, 1.165) is 0 Å². The molecule has 0 heterocycles. The fourth-order valence-corrected chi connectivity index (χ4v) is 1.04. The van der Waals surface area contributed by atoms with Gasteiger partial charge < -0.3 is 21.7 Å². The van der Waals surface area contributed by atoms with Gasteiger partial charge in [0.1, 0.15) is 12.1 Å². The predicted octanol–water partition coefficient (Wildman–Crippen LogP) is -0.286. The molecule has 0 radical (unpaired) electrons. The fraction of sp³-hybridized carbons (Fsp3) is 0.222. The van der Waals surface area contributed by atoms with Gasteiger partial charge in [-0.05, 0) is 17.7 Å². The molecule has 0 aliphatic rings. The average molecular weight is 196 g/mol. The second-order valence-corrected chi connectivity index (χ2v) is 2.98. The number of hydrogen-bond donors (Lipinski definition) is 4. The van der Waals surface area contributed by atoms with Crippen molar-refractivity contribution in [2.24, 2.45) is 5.73 Å². The fourth-order valence-electron chi connectivity index (χ4n) is 1.04. The molecule has 1 rings (SSSR count). The van der Waals surface area contributed by atoms with Crippen LogP contribution >= 0.6 is 0 Å². The molecular weight excluding hydrogens is 184 g/mol. The maximum atomic E-state index is 10.5. The Kier molecular flexibility index (Phi) is 3.06. The van der Waals surface area contributed by atoms with Crippen LogP contribution in [-0.4, -0.2) is 22.2 Å². The molecule has 0 aliphatic carbocycles. The molecule has 5 heteroatoms. The first-order chi connectivity index (χ1) is 6.52. The van der Waals surface area contributed by atoms with Crippen LogP contribution in [-0.2, 0) is 4.79 Å². The summed E-state index contributed by atoms with van der Waals surface area (Å²) in [5.74, 6) is -1.24. The summed E-state index contributed by atoms with van der Waals surface area (Å²) in [4.78, 5) is 10.5. The van der Waals surface area contributed by atoms with Gasteiger partial charge in [0.05, 0.1) is 0 Å². The van der Waals surface area contributed by atoms with Gasteiger partial charge in [-0.1, -0.05) is 12.1 Å². The van der Waals surface area contributed by atoms with Crippen LogP contribution in [0.3, 0.4) is 0 Å². The first-order valence-corrected chi connectivity index (χ1v) is 4.04. The third kappa shape index (κ3) is 2.21. The number of carbonyl (C=O) groups is 1. The maximum absolute atomic E-state index is 10.5. The number of hydrogen-bond acceptors (Lipinski definition) is 4. The lowest BCUT2D eigenvalue weighted by Gasteiger charge is -2.14. The van der Waals surface area contributed by atoms with Crippen molar-refractivity contribution in [2.75, 3.05) is 5.73 Å². The first kappa shape index (κ1) is 10.5. The zero-order chi connectivity index (χ0) is 10.7. The molecule has 0 bridgehead atoms. The highest BCUT2D eigenvalue weighted by atomic mass is 16.4. The Bertz CT molecular complexity index is 323. The summed E-state index contributed by atoms with van der Waals surface area (Å²) in [6.45, 7) is 0. The molecule has 2 atom stereocenters. The SMILES string of the molecule is Nc1ccc([C@H](O)[C@H](N)C(=O)O)cc1. The average Bonchev–Trinajstić information content (AvgIpc) is 2.16. The smallest absolute Gasteiger partial charge is 0.323 e. The maximum Gasteiger partial charge on any atom is 0.323 e. The number of carboxylic acid groups (broad SMARTS) is 1. The summed E-state index contributed by atoms with van der Waals surface area (Å²) >= 11 is 0. The highest BCUT2D eigenvalue weighted by Gasteiger charge is 2.23. The van der Waals surface area contributed by atoms with Crippen LogP contribution in [0.2, 0.25) is 0 Å². The Morgan fingerprint density at radius 3 is 2.21 bits per heavy atom. The number of carboxylic acids is 1. The highest BCUT2D eigenvalue weighted by Crippen LogP contribution is 2.17. The normalized spacial score (nSPS) is 14.7. The second kappa shape index (κ2) is 4.08. The monoisotopic (exact) mass is 196 g/mol. The zero-order valence-corrected chi connectivity index (χ0v) is 7.42. The van der Waals surface area contributed by atoms with E-state index in [4.69, 9.17) is 16.6 Å². The summed E-state index contributed by atoms with van der Waals surface area (Å²) in [5, 5.41) is 18.1. The number of nitrogen functional groups attached to an aromatic ring is 1. The number of anilines is 1. The van der Waals surface area contributed by atoms with Crippen LogP contribution in [0.25, 0.3) is 0 Å². The molecule has 5 nitrogen and oxygen atoms in total. The Morgan fingerprint density at radius 2 is 1.79 bits per heavy atom. The molecule has 0 aromatic heterocycles. The van der Waals surface area contributed by atoms with Crippen molar-refractivity contribution in [3.63, 3.8) is 0 Å². The van der Waals surface area contributed by atoms with E-state index in [-0.39, 0.29) is 0 Å². The summed E-state index contributed by atoms with van der Waals surface area (Å²) in [6.07, 6.45) is -1.21. The minimum atomic E-state index is -1.32. The molecule has 1 aromatic rings. The van der Waals surface area contributed by atoms with E-state index in [2.05, 4.69) is 0 Å². The molecule has 1 aromatic carbocycles. The number of nitrogens with two attached hydrogens (primary N) is 2. The van der Waals surface area contributed by atoms with Gasteiger partial charge >= 0.3 is 5.97 Å². The highest BCUT2D eigenvalue weighted by molar-refractivity contribution is 5.74. The molecular formula is C9H12N2O3. The first-order valence-electron chi connectivity index (χ1n) is 4.04. The minimum Gasteiger partial charge on any atom is -0.480 e.